The van der Waals surface area contributed by atoms with Gasteiger partial charge in [0.25, 0.3) is 0 Å². The summed E-state index contributed by atoms with van der Waals surface area (Å²) in [5, 5.41) is 9.91. The summed E-state index contributed by atoms with van der Waals surface area (Å²) < 4.78 is 5.23. The van der Waals surface area contributed by atoms with Gasteiger partial charge in [-0.2, -0.15) is 4.98 Å². The number of anilines is 1. The molecule has 10 heteroatoms. The first-order valence-electron chi connectivity index (χ1n) is 8.67. The first kappa shape index (κ1) is 18.6. The number of aromatic amines is 1. The van der Waals surface area contributed by atoms with Crippen LogP contribution < -0.4 is 5.32 Å². The average Bonchev–Trinajstić information content (AvgIpc) is 3.40. The number of carbonyl (C=O) groups excluding carboxylic acids is 1. The summed E-state index contributed by atoms with van der Waals surface area (Å²) in [6.45, 7) is 4.16. The highest BCUT2D eigenvalue weighted by Crippen LogP contribution is 2.24. The number of amides is 1. The van der Waals surface area contributed by atoms with Crippen LogP contribution in [-0.4, -0.2) is 31.0 Å². The van der Waals surface area contributed by atoms with Gasteiger partial charge in [0.1, 0.15) is 0 Å². The fourth-order valence-corrected chi connectivity index (χ4v) is 3.86. The molecule has 4 aromatic rings. The van der Waals surface area contributed by atoms with Crippen molar-refractivity contribution in [2.45, 2.75) is 37.6 Å². The molecule has 1 amide bonds. The van der Waals surface area contributed by atoms with E-state index in [-0.39, 0.29) is 12.3 Å². The highest BCUT2D eigenvalue weighted by molar-refractivity contribution is 7.98. The molecule has 0 aliphatic carbocycles. The van der Waals surface area contributed by atoms with Crippen LogP contribution in [0.4, 0.5) is 5.13 Å². The zero-order chi connectivity index (χ0) is 19.5. The molecule has 4 rings (SSSR count). The Morgan fingerprint density at radius 2 is 2.14 bits per heavy atom. The topological polar surface area (TPSA) is 110 Å². The molecule has 3 heterocycles. The molecule has 144 valence electrons. The molecule has 0 aliphatic heterocycles. The van der Waals surface area contributed by atoms with Crippen molar-refractivity contribution in [1.82, 2.24) is 25.1 Å². The van der Waals surface area contributed by atoms with E-state index in [9.17, 15) is 4.79 Å². The molecule has 0 fully saturated rings. The van der Waals surface area contributed by atoms with E-state index in [0.717, 1.165) is 16.2 Å². The van der Waals surface area contributed by atoms with Gasteiger partial charge in [0.2, 0.25) is 11.8 Å². The van der Waals surface area contributed by atoms with Crippen LogP contribution in [0, 0.1) is 13.8 Å². The number of hydrogen-bond acceptors (Lipinski definition) is 8. The third-order valence-electron chi connectivity index (χ3n) is 4.17. The number of nitrogens with zero attached hydrogens (tertiary/aromatic N) is 4. The summed E-state index contributed by atoms with van der Waals surface area (Å²) in [5.41, 5.74) is 4.42. The number of benzene rings is 1. The van der Waals surface area contributed by atoms with Crippen LogP contribution in [0.15, 0.2) is 33.4 Å². The number of imidazole rings is 1. The highest BCUT2D eigenvalue weighted by atomic mass is 32.2. The van der Waals surface area contributed by atoms with Gasteiger partial charge in [-0.1, -0.05) is 16.9 Å². The van der Waals surface area contributed by atoms with E-state index >= 15 is 0 Å². The molecule has 1 aromatic carbocycles. The normalized spacial score (nSPS) is 11.2. The Morgan fingerprint density at radius 3 is 2.96 bits per heavy atom. The number of hydrogen-bond donors (Lipinski definition) is 2. The molecule has 0 aliphatic rings. The maximum absolute atomic E-state index is 11.9. The lowest BCUT2D eigenvalue weighted by atomic mass is 10.1. The maximum atomic E-state index is 11.9. The van der Waals surface area contributed by atoms with Crippen molar-refractivity contribution in [3.63, 3.8) is 0 Å². The molecule has 0 saturated carbocycles. The number of H-pyrrole nitrogens is 1. The summed E-state index contributed by atoms with van der Waals surface area (Å²) in [6, 6.07) is 4.18. The molecule has 28 heavy (non-hydrogen) atoms. The number of thiazole rings is 1. The Hall–Kier alpha value is -2.72. The lowest BCUT2D eigenvalue weighted by molar-refractivity contribution is -0.116. The Morgan fingerprint density at radius 1 is 1.29 bits per heavy atom. The van der Waals surface area contributed by atoms with E-state index in [1.807, 2.05) is 5.38 Å². The Kier molecular flexibility index (Phi) is 5.40. The minimum Gasteiger partial charge on any atom is -0.339 e. The van der Waals surface area contributed by atoms with Crippen molar-refractivity contribution >= 4 is 45.2 Å². The second-order valence-corrected chi connectivity index (χ2v) is 8.13. The quantitative estimate of drug-likeness (QED) is 0.442. The molecule has 2 N–H and O–H groups in total. The van der Waals surface area contributed by atoms with Gasteiger partial charge in [-0.05, 0) is 37.1 Å². The van der Waals surface area contributed by atoms with Gasteiger partial charge in [0.15, 0.2) is 16.1 Å². The lowest BCUT2D eigenvalue weighted by Gasteiger charge is -1.98. The van der Waals surface area contributed by atoms with Crippen LogP contribution in [0.1, 0.15) is 29.3 Å². The van der Waals surface area contributed by atoms with Gasteiger partial charge in [-0.15, -0.1) is 11.3 Å². The average molecular weight is 415 g/mol. The van der Waals surface area contributed by atoms with Crippen molar-refractivity contribution in [1.29, 1.82) is 0 Å². The van der Waals surface area contributed by atoms with Crippen LogP contribution in [0.3, 0.4) is 0 Å². The van der Waals surface area contributed by atoms with E-state index in [1.54, 1.807) is 6.20 Å². The minimum absolute atomic E-state index is 0.128. The molecule has 0 spiro atoms. The van der Waals surface area contributed by atoms with Gasteiger partial charge in [-0.3, -0.25) is 4.79 Å². The van der Waals surface area contributed by atoms with E-state index in [1.165, 1.54) is 34.2 Å². The van der Waals surface area contributed by atoms with E-state index in [0.29, 0.717) is 29.0 Å². The van der Waals surface area contributed by atoms with Crippen LogP contribution in [0.2, 0.25) is 0 Å². The van der Waals surface area contributed by atoms with Crippen LogP contribution >= 0.6 is 23.1 Å². The lowest BCUT2D eigenvalue weighted by Crippen LogP contribution is -2.12. The molecular weight excluding hydrogens is 396 g/mol. The monoisotopic (exact) mass is 414 g/mol. The standard InChI is InChI=1S/C18H18N6O2S2/c1-10-7-12-13(8-11(10)2)21-18(20-12)28-9-14-22-16(26-24-14)4-3-15(25)23-17-19-5-6-27-17/h5-8H,3-4,9H2,1-2H3,(H,20,21)(H,19,23,25). The summed E-state index contributed by atoms with van der Waals surface area (Å²) in [7, 11) is 0. The smallest absolute Gasteiger partial charge is 0.227 e. The first-order valence-corrected chi connectivity index (χ1v) is 10.5. The third-order valence-corrected chi connectivity index (χ3v) is 5.73. The number of thioether (sulfide) groups is 1. The van der Waals surface area contributed by atoms with Crippen molar-refractivity contribution in [2.24, 2.45) is 0 Å². The molecule has 8 nitrogen and oxygen atoms in total. The highest BCUT2D eigenvalue weighted by Gasteiger charge is 2.12. The molecule has 0 radical (unpaired) electrons. The largest absolute Gasteiger partial charge is 0.339 e. The first-order chi connectivity index (χ1) is 13.6. The van der Waals surface area contributed by atoms with E-state index < -0.39 is 0 Å². The van der Waals surface area contributed by atoms with Crippen LogP contribution in [0.5, 0.6) is 0 Å². The molecule has 0 atom stereocenters. The molecule has 0 unspecified atom stereocenters. The van der Waals surface area contributed by atoms with E-state index in [2.05, 4.69) is 56.4 Å². The summed E-state index contributed by atoms with van der Waals surface area (Å²) >= 11 is 2.89. The van der Waals surface area contributed by atoms with E-state index in [4.69, 9.17) is 4.52 Å². The Labute approximate surface area is 169 Å². The Bertz CT molecular complexity index is 1060. The van der Waals surface area contributed by atoms with Gasteiger partial charge in [-0.25, -0.2) is 9.97 Å². The Balaban J connectivity index is 1.30. The predicted molar refractivity (Wildman–Crippen MR) is 108 cm³/mol. The maximum Gasteiger partial charge on any atom is 0.227 e. The third kappa shape index (κ3) is 4.39. The zero-order valence-corrected chi connectivity index (χ0v) is 17.0. The number of fused-ring (bicyclic) bond motifs is 1. The van der Waals surface area contributed by atoms with Crippen molar-refractivity contribution < 1.29 is 9.32 Å². The van der Waals surface area contributed by atoms with Crippen LogP contribution in [-0.2, 0) is 17.0 Å². The zero-order valence-electron chi connectivity index (χ0n) is 15.4. The second kappa shape index (κ2) is 8.11. The van der Waals surface area contributed by atoms with Gasteiger partial charge in [0, 0.05) is 24.4 Å². The predicted octanol–water partition coefficient (Wildman–Crippen LogP) is 3.88. The van der Waals surface area contributed by atoms with Gasteiger partial charge < -0.3 is 14.8 Å². The number of nitrogens with one attached hydrogen (secondary N) is 2. The number of aromatic nitrogens is 5. The minimum atomic E-state index is -0.128. The number of aryl methyl sites for hydroxylation is 3. The van der Waals surface area contributed by atoms with Gasteiger partial charge in [0.05, 0.1) is 16.8 Å². The van der Waals surface area contributed by atoms with Crippen molar-refractivity contribution in [3.8, 4) is 0 Å². The van der Waals surface area contributed by atoms with Gasteiger partial charge >= 0.3 is 0 Å². The summed E-state index contributed by atoms with van der Waals surface area (Å²) in [4.78, 5) is 28.1. The molecule has 0 bridgehead atoms. The van der Waals surface area contributed by atoms with Crippen molar-refractivity contribution in [3.05, 3.63) is 46.6 Å². The van der Waals surface area contributed by atoms with Crippen LogP contribution in [0.25, 0.3) is 11.0 Å². The molecule has 0 saturated heterocycles. The fraction of sp³-hybridized carbons (Fsp3) is 0.278. The number of rotatable bonds is 7. The fourth-order valence-electron chi connectivity index (χ4n) is 2.59. The SMILES string of the molecule is Cc1cc2nc(SCc3noc(CCC(=O)Nc4nccs4)n3)[nH]c2cc1C. The summed E-state index contributed by atoms with van der Waals surface area (Å²) in [5.74, 6) is 1.43. The van der Waals surface area contributed by atoms with Crippen molar-refractivity contribution in [2.75, 3.05) is 5.32 Å². The number of carbonyl (C=O) groups is 1. The molecule has 3 aromatic heterocycles. The summed E-state index contributed by atoms with van der Waals surface area (Å²) in [6.07, 6.45) is 2.29. The second-order valence-electron chi connectivity index (χ2n) is 6.27. The molecular formula is C18H18N6O2S2.